The first-order valence-electron chi connectivity index (χ1n) is 8.81. The molecule has 0 bridgehead atoms. The SMILES string of the molecule is CCCC(C)c1c(CC)nn2c(-c3ccc(OC)cc3Cl)ccnc12. The Kier molecular flexibility index (Phi) is 5.28. The van der Waals surface area contributed by atoms with E-state index >= 15 is 0 Å². The number of nitrogens with zero attached hydrogens (tertiary/aromatic N) is 3. The second-order valence-corrected chi connectivity index (χ2v) is 6.72. The van der Waals surface area contributed by atoms with E-state index in [0.29, 0.717) is 10.9 Å². The molecule has 0 saturated carbocycles. The molecule has 1 atom stereocenters. The van der Waals surface area contributed by atoms with Gasteiger partial charge in [-0.05, 0) is 43.0 Å². The van der Waals surface area contributed by atoms with E-state index in [1.807, 2.05) is 35.0 Å². The van der Waals surface area contributed by atoms with Crippen LogP contribution in [0.2, 0.25) is 5.02 Å². The molecule has 0 spiro atoms. The maximum absolute atomic E-state index is 6.49. The van der Waals surface area contributed by atoms with Crippen molar-refractivity contribution in [3.63, 3.8) is 0 Å². The predicted octanol–water partition coefficient (Wildman–Crippen LogP) is 5.52. The lowest BCUT2D eigenvalue weighted by Gasteiger charge is -2.11. The molecule has 4 nitrogen and oxygen atoms in total. The summed E-state index contributed by atoms with van der Waals surface area (Å²) in [5, 5.41) is 5.50. The Morgan fingerprint density at radius 2 is 2.04 bits per heavy atom. The largest absolute Gasteiger partial charge is 0.497 e. The average molecular weight is 358 g/mol. The number of rotatable bonds is 6. The fourth-order valence-corrected chi connectivity index (χ4v) is 3.65. The van der Waals surface area contributed by atoms with Gasteiger partial charge >= 0.3 is 0 Å². The first-order valence-corrected chi connectivity index (χ1v) is 9.18. The van der Waals surface area contributed by atoms with Gasteiger partial charge < -0.3 is 4.74 Å². The number of aryl methyl sites for hydroxylation is 1. The molecule has 0 N–H and O–H groups in total. The number of fused-ring (bicyclic) bond motifs is 1. The molecule has 2 heterocycles. The van der Waals surface area contributed by atoms with Gasteiger partial charge in [0.25, 0.3) is 0 Å². The van der Waals surface area contributed by atoms with Gasteiger partial charge in [0.15, 0.2) is 5.65 Å². The van der Waals surface area contributed by atoms with Crippen molar-refractivity contribution in [2.75, 3.05) is 7.11 Å². The van der Waals surface area contributed by atoms with E-state index in [1.165, 1.54) is 5.56 Å². The minimum Gasteiger partial charge on any atom is -0.497 e. The molecule has 25 heavy (non-hydrogen) atoms. The van der Waals surface area contributed by atoms with Crippen molar-refractivity contribution in [1.82, 2.24) is 14.6 Å². The fraction of sp³-hybridized carbons (Fsp3) is 0.400. The number of methoxy groups -OCH3 is 1. The second-order valence-electron chi connectivity index (χ2n) is 6.31. The van der Waals surface area contributed by atoms with E-state index in [-0.39, 0.29) is 0 Å². The van der Waals surface area contributed by atoms with Crippen molar-refractivity contribution < 1.29 is 4.74 Å². The molecule has 0 aliphatic heterocycles. The Hall–Kier alpha value is -2.07. The molecule has 3 rings (SSSR count). The van der Waals surface area contributed by atoms with Crippen molar-refractivity contribution in [3.05, 3.63) is 46.7 Å². The van der Waals surface area contributed by atoms with Gasteiger partial charge in [-0.25, -0.2) is 9.50 Å². The van der Waals surface area contributed by atoms with Crippen molar-refractivity contribution in [2.24, 2.45) is 0 Å². The highest BCUT2D eigenvalue weighted by molar-refractivity contribution is 6.33. The third kappa shape index (κ3) is 3.23. The fourth-order valence-electron chi connectivity index (χ4n) is 3.38. The zero-order chi connectivity index (χ0) is 18.0. The van der Waals surface area contributed by atoms with E-state index in [9.17, 15) is 0 Å². The van der Waals surface area contributed by atoms with Crippen LogP contribution in [0.5, 0.6) is 5.75 Å². The van der Waals surface area contributed by atoms with Gasteiger partial charge in [-0.3, -0.25) is 0 Å². The third-order valence-electron chi connectivity index (χ3n) is 4.63. The quantitative estimate of drug-likeness (QED) is 0.582. The van der Waals surface area contributed by atoms with Gasteiger partial charge in [-0.1, -0.05) is 38.8 Å². The second kappa shape index (κ2) is 7.44. The Balaban J connectivity index is 2.21. The molecule has 0 fully saturated rings. The molecule has 0 aliphatic rings. The van der Waals surface area contributed by atoms with Gasteiger partial charge in [0, 0.05) is 17.3 Å². The molecule has 1 unspecified atom stereocenters. The summed E-state index contributed by atoms with van der Waals surface area (Å²) in [6.45, 7) is 6.61. The summed E-state index contributed by atoms with van der Waals surface area (Å²) in [4.78, 5) is 4.64. The number of halogens is 1. The van der Waals surface area contributed by atoms with Crippen LogP contribution in [-0.2, 0) is 6.42 Å². The minimum atomic E-state index is 0.437. The molecule has 3 aromatic rings. The molecular weight excluding hydrogens is 334 g/mol. The monoisotopic (exact) mass is 357 g/mol. The predicted molar refractivity (Wildman–Crippen MR) is 103 cm³/mol. The minimum absolute atomic E-state index is 0.437. The van der Waals surface area contributed by atoms with Crippen LogP contribution in [0, 0.1) is 0 Å². The molecule has 2 aromatic heterocycles. The highest BCUT2D eigenvalue weighted by Crippen LogP contribution is 2.34. The summed E-state index contributed by atoms with van der Waals surface area (Å²) in [5.74, 6) is 1.18. The van der Waals surface area contributed by atoms with Crippen molar-refractivity contribution in [1.29, 1.82) is 0 Å². The van der Waals surface area contributed by atoms with Crippen molar-refractivity contribution in [3.8, 4) is 17.0 Å². The van der Waals surface area contributed by atoms with Gasteiger partial charge in [0.1, 0.15) is 5.75 Å². The number of benzene rings is 1. The van der Waals surface area contributed by atoms with Gasteiger partial charge in [-0.15, -0.1) is 0 Å². The van der Waals surface area contributed by atoms with E-state index in [0.717, 1.165) is 47.6 Å². The standard InChI is InChI=1S/C20H24ClN3O/c1-5-7-13(3)19-17(6-2)23-24-18(10-11-22-20(19)24)15-9-8-14(25-4)12-16(15)21/h8-13H,5-7H2,1-4H3. The summed E-state index contributed by atoms with van der Waals surface area (Å²) >= 11 is 6.49. The third-order valence-corrected chi connectivity index (χ3v) is 4.94. The average Bonchev–Trinajstić information content (AvgIpc) is 3.00. The number of ether oxygens (including phenoxy) is 1. The lowest BCUT2D eigenvalue weighted by atomic mass is 9.95. The summed E-state index contributed by atoms with van der Waals surface area (Å²) in [5.41, 5.74) is 5.18. The number of hydrogen-bond donors (Lipinski definition) is 0. The van der Waals surface area contributed by atoms with Crippen LogP contribution in [0.1, 0.15) is 50.8 Å². The van der Waals surface area contributed by atoms with E-state index in [2.05, 4.69) is 25.8 Å². The Morgan fingerprint density at radius 3 is 2.68 bits per heavy atom. The topological polar surface area (TPSA) is 39.4 Å². The Labute approximate surface area is 153 Å². The van der Waals surface area contributed by atoms with Crippen molar-refractivity contribution in [2.45, 2.75) is 46.0 Å². The highest BCUT2D eigenvalue weighted by Gasteiger charge is 2.20. The van der Waals surface area contributed by atoms with Gasteiger partial charge in [0.2, 0.25) is 0 Å². The summed E-state index contributed by atoms with van der Waals surface area (Å²) in [6.07, 6.45) is 5.01. The molecule has 132 valence electrons. The normalized spacial score (nSPS) is 12.5. The van der Waals surface area contributed by atoms with Crippen LogP contribution < -0.4 is 4.74 Å². The maximum Gasteiger partial charge on any atom is 0.159 e. The van der Waals surface area contributed by atoms with Crippen LogP contribution in [0.15, 0.2) is 30.5 Å². The van der Waals surface area contributed by atoms with E-state index in [4.69, 9.17) is 21.4 Å². The smallest absolute Gasteiger partial charge is 0.159 e. The molecule has 1 aromatic carbocycles. The first-order chi connectivity index (χ1) is 12.1. The molecule has 0 saturated heterocycles. The van der Waals surface area contributed by atoms with Crippen LogP contribution in [-0.4, -0.2) is 21.7 Å². The highest BCUT2D eigenvalue weighted by atomic mass is 35.5. The van der Waals surface area contributed by atoms with Crippen LogP contribution in [0.3, 0.4) is 0 Å². The molecular formula is C20H24ClN3O. The summed E-state index contributed by atoms with van der Waals surface area (Å²) in [7, 11) is 1.64. The zero-order valence-electron chi connectivity index (χ0n) is 15.2. The number of aromatic nitrogens is 3. The van der Waals surface area contributed by atoms with E-state index < -0.39 is 0 Å². The van der Waals surface area contributed by atoms with Gasteiger partial charge in [0.05, 0.1) is 23.5 Å². The molecule has 0 radical (unpaired) electrons. The summed E-state index contributed by atoms with van der Waals surface area (Å²) < 4.78 is 7.19. The zero-order valence-corrected chi connectivity index (χ0v) is 16.0. The number of hydrogen-bond acceptors (Lipinski definition) is 3. The maximum atomic E-state index is 6.49. The van der Waals surface area contributed by atoms with Crippen LogP contribution >= 0.6 is 11.6 Å². The lowest BCUT2D eigenvalue weighted by molar-refractivity contribution is 0.415. The molecule has 0 amide bonds. The first kappa shape index (κ1) is 17.7. The van der Waals surface area contributed by atoms with Crippen LogP contribution in [0.25, 0.3) is 16.9 Å². The van der Waals surface area contributed by atoms with Crippen molar-refractivity contribution >= 4 is 17.2 Å². The Morgan fingerprint density at radius 1 is 1.24 bits per heavy atom. The Bertz CT molecular complexity index is 888. The lowest BCUT2D eigenvalue weighted by Crippen LogP contribution is -1.99. The summed E-state index contributed by atoms with van der Waals surface area (Å²) in [6, 6.07) is 7.67. The van der Waals surface area contributed by atoms with Gasteiger partial charge in [-0.2, -0.15) is 5.10 Å². The molecule has 5 heteroatoms. The van der Waals surface area contributed by atoms with Crippen LogP contribution in [0.4, 0.5) is 0 Å². The van der Waals surface area contributed by atoms with E-state index in [1.54, 1.807) is 7.11 Å². The molecule has 0 aliphatic carbocycles.